The number of aromatic nitrogens is 2. The van der Waals surface area contributed by atoms with Crippen LogP contribution in [0.25, 0.3) is 11.1 Å². The van der Waals surface area contributed by atoms with Crippen LogP contribution in [0.4, 0.5) is 22.9 Å². The highest BCUT2D eigenvalue weighted by molar-refractivity contribution is 6.32. The van der Waals surface area contributed by atoms with Gasteiger partial charge in [-0.2, -0.15) is 0 Å². The Morgan fingerprint density at radius 3 is 2.46 bits per heavy atom. The SMILES string of the molecule is CN1CCN(c2ccc(-c3ccc(C(=O)NCCN4CCOCC4)cc3)cc2Nc2ncnc(Cl)c2N)CC1. The summed E-state index contributed by atoms with van der Waals surface area (Å²) in [6.07, 6.45) is 1.39. The third kappa shape index (κ3) is 6.77. The van der Waals surface area contributed by atoms with Crippen molar-refractivity contribution in [1.82, 2.24) is 25.1 Å². The molecule has 3 heterocycles. The third-order valence-corrected chi connectivity index (χ3v) is 7.53. The molecule has 0 unspecified atom stereocenters. The maximum atomic E-state index is 12.7. The molecule has 0 spiro atoms. The molecule has 2 aromatic carbocycles. The number of rotatable bonds is 8. The summed E-state index contributed by atoms with van der Waals surface area (Å²) < 4.78 is 5.38. The summed E-state index contributed by atoms with van der Waals surface area (Å²) in [5, 5.41) is 6.62. The van der Waals surface area contributed by atoms with Crippen molar-refractivity contribution in [1.29, 1.82) is 0 Å². The van der Waals surface area contributed by atoms with Gasteiger partial charge in [0.25, 0.3) is 5.91 Å². The van der Waals surface area contributed by atoms with Crippen LogP contribution in [-0.4, -0.2) is 98.3 Å². The molecule has 0 bridgehead atoms. The van der Waals surface area contributed by atoms with E-state index in [9.17, 15) is 4.79 Å². The Kier molecular flexibility index (Phi) is 8.77. The number of anilines is 4. The van der Waals surface area contributed by atoms with E-state index in [-0.39, 0.29) is 11.1 Å². The van der Waals surface area contributed by atoms with E-state index >= 15 is 0 Å². The number of ether oxygens (including phenoxy) is 1. The molecule has 2 fully saturated rings. The summed E-state index contributed by atoms with van der Waals surface area (Å²) in [6.45, 7) is 8.56. The molecule has 0 aliphatic carbocycles. The summed E-state index contributed by atoms with van der Waals surface area (Å²) in [5.74, 6) is 0.394. The van der Waals surface area contributed by atoms with E-state index in [1.807, 2.05) is 24.3 Å². The summed E-state index contributed by atoms with van der Waals surface area (Å²) in [6, 6.07) is 14.0. The molecular weight excluding hydrogens is 516 g/mol. The fourth-order valence-corrected chi connectivity index (χ4v) is 4.94. The average Bonchev–Trinajstić information content (AvgIpc) is 2.96. The van der Waals surface area contributed by atoms with Gasteiger partial charge in [0.2, 0.25) is 0 Å². The Bertz CT molecular complexity index is 1280. The summed E-state index contributed by atoms with van der Waals surface area (Å²) in [5.41, 5.74) is 11.1. The van der Waals surface area contributed by atoms with Gasteiger partial charge in [-0.3, -0.25) is 9.69 Å². The number of hydrogen-bond acceptors (Lipinski definition) is 9. The molecule has 4 N–H and O–H groups in total. The number of amides is 1. The van der Waals surface area contributed by atoms with E-state index in [2.05, 4.69) is 60.5 Å². The van der Waals surface area contributed by atoms with E-state index in [0.29, 0.717) is 23.6 Å². The predicted octanol–water partition coefficient (Wildman–Crippen LogP) is 2.94. The minimum absolute atomic E-state index is 0.0707. The number of morpholine rings is 1. The van der Waals surface area contributed by atoms with E-state index in [0.717, 1.165) is 81.5 Å². The number of hydrogen-bond donors (Lipinski definition) is 3. The predicted molar refractivity (Wildman–Crippen MR) is 156 cm³/mol. The quantitative estimate of drug-likeness (QED) is 0.364. The van der Waals surface area contributed by atoms with Crippen LogP contribution < -0.4 is 21.3 Å². The lowest BCUT2D eigenvalue weighted by Crippen LogP contribution is -2.44. The van der Waals surface area contributed by atoms with Gasteiger partial charge in [0, 0.05) is 57.9 Å². The molecule has 0 radical (unpaired) electrons. The molecule has 2 aliphatic rings. The highest BCUT2D eigenvalue weighted by Crippen LogP contribution is 2.36. The zero-order valence-corrected chi connectivity index (χ0v) is 23.0. The molecule has 2 aliphatic heterocycles. The van der Waals surface area contributed by atoms with Crippen molar-refractivity contribution in [2.75, 3.05) is 88.6 Å². The number of carbonyl (C=O) groups is 1. The lowest BCUT2D eigenvalue weighted by molar-refractivity contribution is 0.0383. The first-order valence-electron chi connectivity index (χ1n) is 13.3. The zero-order valence-electron chi connectivity index (χ0n) is 22.2. The van der Waals surface area contributed by atoms with Gasteiger partial charge in [-0.15, -0.1) is 0 Å². The summed E-state index contributed by atoms with van der Waals surface area (Å²) in [4.78, 5) is 27.9. The lowest BCUT2D eigenvalue weighted by Gasteiger charge is -2.35. The fraction of sp³-hybridized carbons (Fsp3) is 0.393. The highest BCUT2D eigenvalue weighted by Gasteiger charge is 2.19. The topological polar surface area (TPSA) is 112 Å². The van der Waals surface area contributed by atoms with Gasteiger partial charge in [0.1, 0.15) is 12.0 Å². The van der Waals surface area contributed by atoms with Crippen LogP contribution in [0.15, 0.2) is 48.8 Å². The number of benzene rings is 2. The number of carbonyl (C=O) groups excluding carboxylic acids is 1. The average molecular weight is 551 g/mol. The molecular formula is C28H35ClN8O2. The number of nitrogen functional groups attached to an aromatic ring is 1. The second-order valence-corrected chi connectivity index (χ2v) is 10.2. The monoisotopic (exact) mass is 550 g/mol. The molecule has 206 valence electrons. The number of nitrogens with one attached hydrogen (secondary N) is 2. The van der Waals surface area contributed by atoms with Crippen LogP contribution in [0.2, 0.25) is 5.15 Å². The smallest absolute Gasteiger partial charge is 0.251 e. The normalized spacial score (nSPS) is 16.7. The van der Waals surface area contributed by atoms with E-state index in [4.69, 9.17) is 22.1 Å². The van der Waals surface area contributed by atoms with Gasteiger partial charge in [-0.05, 0) is 42.4 Å². The number of likely N-dealkylation sites (N-methyl/N-ethyl adjacent to an activating group) is 1. The van der Waals surface area contributed by atoms with Crippen molar-refractivity contribution in [2.45, 2.75) is 0 Å². The van der Waals surface area contributed by atoms with Crippen molar-refractivity contribution in [3.63, 3.8) is 0 Å². The van der Waals surface area contributed by atoms with E-state index in [1.54, 1.807) is 0 Å². The molecule has 39 heavy (non-hydrogen) atoms. The van der Waals surface area contributed by atoms with Gasteiger partial charge in [0.05, 0.1) is 24.6 Å². The van der Waals surface area contributed by atoms with Crippen molar-refractivity contribution in [3.05, 3.63) is 59.5 Å². The van der Waals surface area contributed by atoms with Gasteiger partial charge < -0.3 is 30.9 Å². The molecule has 5 rings (SSSR count). The fourth-order valence-electron chi connectivity index (χ4n) is 4.81. The Morgan fingerprint density at radius 1 is 1.00 bits per heavy atom. The zero-order chi connectivity index (χ0) is 27.2. The largest absolute Gasteiger partial charge is 0.393 e. The van der Waals surface area contributed by atoms with Gasteiger partial charge in [-0.25, -0.2) is 9.97 Å². The summed E-state index contributed by atoms with van der Waals surface area (Å²) >= 11 is 6.15. The van der Waals surface area contributed by atoms with Crippen molar-refractivity contribution < 1.29 is 9.53 Å². The molecule has 0 atom stereocenters. The lowest BCUT2D eigenvalue weighted by atomic mass is 10.0. The Hall–Kier alpha value is -3.44. The first-order valence-corrected chi connectivity index (χ1v) is 13.6. The molecule has 2 saturated heterocycles. The van der Waals surface area contributed by atoms with Gasteiger partial charge in [-0.1, -0.05) is 29.8 Å². The molecule has 1 aromatic heterocycles. The minimum atomic E-state index is -0.0707. The van der Waals surface area contributed by atoms with Crippen LogP contribution in [0.3, 0.4) is 0 Å². The highest BCUT2D eigenvalue weighted by atomic mass is 35.5. The molecule has 11 heteroatoms. The first kappa shape index (κ1) is 27.1. The first-order chi connectivity index (χ1) is 19.0. The van der Waals surface area contributed by atoms with E-state index in [1.165, 1.54) is 6.33 Å². The third-order valence-electron chi connectivity index (χ3n) is 7.23. The van der Waals surface area contributed by atoms with Crippen molar-refractivity contribution in [3.8, 4) is 11.1 Å². The second-order valence-electron chi connectivity index (χ2n) is 9.86. The molecule has 10 nitrogen and oxygen atoms in total. The molecule has 1 amide bonds. The molecule has 3 aromatic rings. The van der Waals surface area contributed by atoms with Crippen LogP contribution in [-0.2, 0) is 4.74 Å². The van der Waals surface area contributed by atoms with Crippen molar-refractivity contribution in [2.24, 2.45) is 0 Å². The number of piperazine rings is 1. The van der Waals surface area contributed by atoms with Crippen LogP contribution in [0.5, 0.6) is 0 Å². The van der Waals surface area contributed by atoms with Gasteiger partial charge in [0.15, 0.2) is 11.0 Å². The second kappa shape index (κ2) is 12.6. The van der Waals surface area contributed by atoms with E-state index < -0.39 is 0 Å². The Morgan fingerprint density at radius 2 is 1.72 bits per heavy atom. The molecule has 0 saturated carbocycles. The van der Waals surface area contributed by atoms with Crippen LogP contribution >= 0.6 is 11.6 Å². The maximum Gasteiger partial charge on any atom is 0.251 e. The minimum Gasteiger partial charge on any atom is -0.393 e. The Labute approximate surface area is 234 Å². The maximum absolute atomic E-state index is 12.7. The van der Waals surface area contributed by atoms with Crippen LogP contribution in [0.1, 0.15) is 10.4 Å². The Balaban J connectivity index is 1.32. The van der Waals surface area contributed by atoms with Crippen molar-refractivity contribution >= 4 is 40.4 Å². The number of halogens is 1. The number of nitrogens with two attached hydrogens (primary N) is 1. The van der Waals surface area contributed by atoms with Crippen LogP contribution in [0, 0.1) is 0 Å². The van der Waals surface area contributed by atoms with Gasteiger partial charge >= 0.3 is 0 Å². The standard InChI is InChI=1S/C28H35ClN8O2/c1-35-10-12-37(13-11-35)24-7-6-22(18-23(24)34-27-25(30)26(29)32-19-33-27)20-2-4-21(5-3-20)28(38)31-8-9-36-14-16-39-17-15-36/h2-7,18-19H,8-17,30H2,1H3,(H,31,38)(H,32,33,34). The summed E-state index contributed by atoms with van der Waals surface area (Å²) in [7, 11) is 2.14. The number of nitrogens with zero attached hydrogens (tertiary/aromatic N) is 5.